The van der Waals surface area contributed by atoms with Crippen LogP contribution in [0.1, 0.15) is 11.5 Å². The van der Waals surface area contributed by atoms with Gasteiger partial charge in [-0.25, -0.2) is 26.2 Å². The molecule has 2 heterocycles. The van der Waals surface area contributed by atoms with Crippen LogP contribution in [0.15, 0.2) is 36.5 Å². The number of sulfonamides is 1. The fraction of sp³-hybridized carbons (Fsp3) is 0.235. The van der Waals surface area contributed by atoms with Crippen LogP contribution in [0, 0.1) is 11.6 Å². The largest absolute Gasteiger partial charge is 0.503 e. The molecule has 0 atom stereocenters. The Morgan fingerprint density at radius 3 is 2.46 bits per heavy atom. The summed E-state index contributed by atoms with van der Waals surface area (Å²) in [5.74, 6) is -3.02. The van der Waals surface area contributed by atoms with E-state index in [4.69, 9.17) is 0 Å². The second kappa shape index (κ2) is 5.75. The average Bonchev–Trinajstić information content (AvgIpc) is 2.94. The Hall–Kier alpha value is -2.52. The molecule has 136 valence electrons. The summed E-state index contributed by atoms with van der Waals surface area (Å²) in [6.07, 6.45) is 2.51. The fourth-order valence-corrected chi connectivity index (χ4v) is 4.01. The number of rotatable bonds is 3. The van der Waals surface area contributed by atoms with Gasteiger partial charge >= 0.3 is 0 Å². The second-order valence-corrected chi connectivity index (χ2v) is 8.37. The molecule has 2 aromatic carbocycles. The maximum Gasteiger partial charge on any atom is 0.211 e. The van der Waals surface area contributed by atoms with Gasteiger partial charge in [-0.3, -0.25) is 0 Å². The molecule has 1 N–H and O–H groups in total. The van der Waals surface area contributed by atoms with Crippen LogP contribution in [0.3, 0.4) is 0 Å². The van der Waals surface area contributed by atoms with E-state index < -0.39 is 27.4 Å². The number of benzene rings is 2. The van der Waals surface area contributed by atoms with Crippen molar-refractivity contribution >= 4 is 20.9 Å². The molecule has 3 aromatic rings. The van der Waals surface area contributed by atoms with Gasteiger partial charge in [-0.15, -0.1) is 0 Å². The van der Waals surface area contributed by atoms with Gasteiger partial charge in [0, 0.05) is 24.4 Å². The third-order valence-corrected chi connectivity index (χ3v) is 5.88. The highest BCUT2D eigenvalue weighted by Gasteiger charge is 2.33. The van der Waals surface area contributed by atoms with E-state index >= 15 is 0 Å². The zero-order valence-electron chi connectivity index (χ0n) is 13.7. The van der Waals surface area contributed by atoms with Gasteiger partial charge in [0.05, 0.1) is 18.1 Å². The molecule has 0 amide bonds. The summed E-state index contributed by atoms with van der Waals surface area (Å²) in [5, 5.41) is 13.8. The minimum atomic E-state index is -3.16. The van der Waals surface area contributed by atoms with Gasteiger partial charge in [0.1, 0.15) is 5.52 Å². The van der Waals surface area contributed by atoms with E-state index in [2.05, 4.69) is 5.10 Å². The molecule has 6 nitrogen and oxygen atoms in total. The summed E-state index contributed by atoms with van der Waals surface area (Å²) in [7, 11) is -3.16. The van der Waals surface area contributed by atoms with Crippen LogP contribution in [-0.4, -0.2) is 47.0 Å². The van der Waals surface area contributed by atoms with Crippen LogP contribution >= 0.6 is 0 Å². The lowest BCUT2D eigenvalue weighted by Gasteiger charge is -2.37. The van der Waals surface area contributed by atoms with Gasteiger partial charge in [-0.2, -0.15) is 5.10 Å². The Labute approximate surface area is 148 Å². The average molecular weight is 379 g/mol. The molecule has 0 unspecified atom stereocenters. The van der Waals surface area contributed by atoms with Crippen molar-refractivity contribution in [2.24, 2.45) is 0 Å². The van der Waals surface area contributed by atoms with Crippen LogP contribution in [-0.2, 0) is 10.0 Å². The van der Waals surface area contributed by atoms with E-state index in [1.165, 1.54) is 21.4 Å². The van der Waals surface area contributed by atoms with Gasteiger partial charge in [-0.1, -0.05) is 12.1 Å². The first-order chi connectivity index (χ1) is 12.3. The van der Waals surface area contributed by atoms with Gasteiger partial charge in [0.2, 0.25) is 10.0 Å². The Kier molecular flexibility index (Phi) is 3.74. The van der Waals surface area contributed by atoms with Crippen molar-refractivity contribution in [1.29, 1.82) is 0 Å². The lowest BCUT2D eigenvalue weighted by molar-refractivity contribution is 0.266. The maximum absolute atomic E-state index is 14.3. The summed E-state index contributed by atoms with van der Waals surface area (Å²) >= 11 is 0. The number of fused-ring (bicyclic) bond motifs is 1. The van der Waals surface area contributed by atoms with E-state index in [9.17, 15) is 22.3 Å². The molecule has 0 aliphatic carbocycles. The number of hydrogen-bond acceptors (Lipinski definition) is 4. The molecule has 26 heavy (non-hydrogen) atoms. The highest BCUT2D eigenvalue weighted by Crippen LogP contribution is 2.32. The van der Waals surface area contributed by atoms with E-state index in [0.717, 1.165) is 11.6 Å². The Balaban J connectivity index is 1.64. The predicted molar refractivity (Wildman–Crippen MR) is 91.8 cm³/mol. The molecule has 1 aliphatic rings. The molecule has 0 saturated carbocycles. The molecule has 0 spiro atoms. The first kappa shape index (κ1) is 16.9. The summed E-state index contributed by atoms with van der Waals surface area (Å²) in [4.78, 5) is 0. The molecule has 1 saturated heterocycles. The third-order valence-electron chi connectivity index (χ3n) is 4.65. The minimum Gasteiger partial charge on any atom is -0.503 e. The normalized spacial score (nSPS) is 16.1. The summed E-state index contributed by atoms with van der Waals surface area (Å²) < 4.78 is 53.3. The van der Waals surface area contributed by atoms with Crippen LogP contribution < -0.4 is 0 Å². The van der Waals surface area contributed by atoms with Gasteiger partial charge < -0.3 is 5.11 Å². The summed E-state index contributed by atoms with van der Waals surface area (Å²) in [6.45, 7) is 0.870. The standard InChI is InChI=1S/C17H15F2N3O3S/c1-26(24,25)21-8-12(9-21)10-2-4-13(5-3-10)22-16-11(7-20-22)6-14(18)17(23)15(16)19/h2-7,12,23H,8-9H2,1H3. The Morgan fingerprint density at radius 1 is 1.19 bits per heavy atom. The highest BCUT2D eigenvalue weighted by molar-refractivity contribution is 7.88. The van der Waals surface area contributed by atoms with Crippen molar-refractivity contribution in [2.75, 3.05) is 19.3 Å². The third kappa shape index (κ3) is 2.63. The maximum atomic E-state index is 14.3. The molecule has 1 fully saturated rings. The Bertz CT molecular complexity index is 1100. The van der Waals surface area contributed by atoms with Crippen molar-refractivity contribution in [2.45, 2.75) is 5.92 Å². The molecular formula is C17H15F2N3O3S. The number of phenols is 1. The SMILES string of the molecule is CS(=O)(=O)N1CC(c2ccc(-n3ncc4cc(F)c(O)c(F)c43)cc2)C1. The summed E-state index contributed by atoms with van der Waals surface area (Å²) in [6, 6.07) is 8.14. The number of hydrogen-bond donors (Lipinski definition) is 1. The smallest absolute Gasteiger partial charge is 0.211 e. The molecule has 9 heteroatoms. The molecule has 1 aromatic heterocycles. The van der Waals surface area contributed by atoms with Gasteiger partial charge in [0.15, 0.2) is 17.4 Å². The van der Waals surface area contributed by atoms with Crippen LogP contribution in [0.5, 0.6) is 5.75 Å². The lowest BCUT2D eigenvalue weighted by atomic mass is 9.93. The topological polar surface area (TPSA) is 75.4 Å². The number of aromatic nitrogens is 2. The lowest BCUT2D eigenvalue weighted by Crippen LogP contribution is -2.47. The quantitative estimate of drug-likeness (QED) is 0.758. The highest BCUT2D eigenvalue weighted by atomic mass is 32.2. The first-order valence-electron chi connectivity index (χ1n) is 7.86. The molecule has 0 radical (unpaired) electrons. The fourth-order valence-electron chi connectivity index (χ4n) is 3.11. The van der Waals surface area contributed by atoms with E-state index in [-0.39, 0.29) is 16.8 Å². The van der Waals surface area contributed by atoms with E-state index in [1.807, 2.05) is 12.1 Å². The van der Waals surface area contributed by atoms with Gasteiger partial charge in [-0.05, 0) is 23.8 Å². The zero-order valence-corrected chi connectivity index (χ0v) is 14.5. The number of nitrogens with zero attached hydrogens (tertiary/aromatic N) is 3. The second-order valence-electron chi connectivity index (χ2n) is 6.38. The van der Waals surface area contributed by atoms with Crippen molar-refractivity contribution in [3.63, 3.8) is 0 Å². The van der Waals surface area contributed by atoms with Crippen LogP contribution in [0.4, 0.5) is 8.78 Å². The number of aromatic hydroxyl groups is 1. The van der Waals surface area contributed by atoms with Crippen molar-refractivity contribution in [3.8, 4) is 11.4 Å². The number of phenolic OH excluding ortho intramolecular Hbond substituents is 1. The van der Waals surface area contributed by atoms with Crippen LogP contribution in [0.2, 0.25) is 0 Å². The molecule has 4 rings (SSSR count). The molecular weight excluding hydrogens is 364 g/mol. The predicted octanol–water partition coefficient (Wildman–Crippen LogP) is 2.37. The zero-order chi connectivity index (χ0) is 18.6. The molecule has 1 aliphatic heterocycles. The number of halogens is 2. The van der Waals surface area contributed by atoms with Crippen molar-refractivity contribution in [3.05, 3.63) is 53.7 Å². The van der Waals surface area contributed by atoms with Crippen molar-refractivity contribution < 1.29 is 22.3 Å². The van der Waals surface area contributed by atoms with E-state index in [0.29, 0.717) is 18.8 Å². The monoisotopic (exact) mass is 379 g/mol. The Morgan fingerprint density at radius 2 is 1.85 bits per heavy atom. The van der Waals surface area contributed by atoms with Crippen molar-refractivity contribution in [1.82, 2.24) is 14.1 Å². The first-order valence-corrected chi connectivity index (χ1v) is 9.70. The van der Waals surface area contributed by atoms with Crippen LogP contribution in [0.25, 0.3) is 16.6 Å². The summed E-state index contributed by atoms with van der Waals surface area (Å²) in [5.41, 5.74) is 1.51. The van der Waals surface area contributed by atoms with Gasteiger partial charge in [0.25, 0.3) is 0 Å². The minimum absolute atomic E-state index is 0.0106. The molecule has 0 bridgehead atoms. The van der Waals surface area contributed by atoms with E-state index in [1.54, 1.807) is 12.1 Å².